The highest BCUT2D eigenvalue weighted by Crippen LogP contribution is 2.49. The van der Waals surface area contributed by atoms with Gasteiger partial charge in [0.1, 0.15) is 11.7 Å². The van der Waals surface area contributed by atoms with Gasteiger partial charge in [0.2, 0.25) is 0 Å². The molecule has 0 atom stereocenters. The lowest BCUT2D eigenvalue weighted by Gasteiger charge is -2.17. The number of nitrogens with one attached hydrogen (secondary N) is 1. The molecule has 1 aliphatic carbocycles. The molecule has 0 saturated heterocycles. The first-order valence-electron chi connectivity index (χ1n) is 5.71. The summed E-state index contributed by atoms with van der Waals surface area (Å²) in [6.07, 6.45) is 2.45. The monoisotopic (exact) mass is 271 g/mol. The molecule has 0 heterocycles. The van der Waals surface area contributed by atoms with Crippen LogP contribution in [0.1, 0.15) is 19.3 Å². The zero-order valence-electron chi connectivity index (χ0n) is 9.79. The van der Waals surface area contributed by atoms with Crippen LogP contribution < -0.4 is 11.1 Å². The van der Waals surface area contributed by atoms with Crippen LogP contribution in [-0.4, -0.2) is 17.6 Å². The predicted octanol–water partition coefficient (Wildman–Crippen LogP) is 2.81. The summed E-state index contributed by atoms with van der Waals surface area (Å²) in [5, 5.41) is 14.9. The highest BCUT2D eigenvalue weighted by atomic mass is 35.5. The molecule has 1 saturated carbocycles. The zero-order chi connectivity index (χ0) is 13.2. The van der Waals surface area contributed by atoms with Gasteiger partial charge in [0, 0.05) is 13.0 Å². The number of nitrogens with zero attached hydrogens (tertiary/aromatic N) is 1. The average Bonchev–Trinajstić information content (AvgIpc) is 3.08. The van der Waals surface area contributed by atoms with Gasteiger partial charge in [-0.05, 0) is 30.4 Å². The van der Waals surface area contributed by atoms with Gasteiger partial charge in [-0.25, -0.2) is 4.39 Å². The van der Waals surface area contributed by atoms with E-state index in [1.165, 1.54) is 6.07 Å². The molecule has 1 aromatic carbocycles. The molecule has 0 spiro atoms. The van der Waals surface area contributed by atoms with Crippen molar-refractivity contribution in [2.24, 2.45) is 16.3 Å². The average molecular weight is 272 g/mol. The van der Waals surface area contributed by atoms with Gasteiger partial charge in [-0.15, -0.1) is 0 Å². The molecule has 0 aliphatic heterocycles. The minimum atomic E-state index is -0.373. The standard InChI is InChI=1S/C12H15ClFN3O/c13-8-2-1-3-9(14)11(8)16-7-12(4-5-12)6-10(15)17-18/h1-3,16,18H,4-7H2,(H2,15,17). The Morgan fingerprint density at radius 2 is 2.28 bits per heavy atom. The number of benzene rings is 1. The van der Waals surface area contributed by atoms with E-state index in [0.717, 1.165) is 12.8 Å². The van der Waals surface area contributed by atoms with Crippen molar-refractivity contribution in [2.75, 3.05) is 11.9 Å². The molecule has 98 valence electrons. The van der Waals surface area contributed by atoms with Crippen LogP contribution in [0.15, 0.2) is 23.4 Å². The Morgan fingerprint density at radius 1 is 1.56 bits per heavy atom. The van der Waals surface area contributed by atoms with Crippen LogP contribution in [-0.2, 0) is 0 Å². The summed E-state index contributed by atoms with van der Waals surface area (Å²) in [5.41, 5.74) is 5.77. The maximum Gasteiger partial charge on any atom is 0.147 e. The number of anilines is 1. The molecule has 4 N–H and O–H groups in total. The van der Waals surface area contributed by atoms with Crippen LogP contribution in [0.25, 0.3) is 0 Å². The van der Waals surface area contributed by atoms with Crippen molar-refractivity contribution in [1.29, 1.82) is 0 Å². The van der Waals surface area contributed by atoms with Crippen LogP contribution in [0.5, 0.6) is 0 Å². The van der Waals surface area contributed by atoms with Gasteiger partial charge in [0.25, 0.3) is 0 Å². The molecular formula is C12H15ClFN3O. The van der Waals surface area contributed by atoms with E-state index < -0.39 is 0 Å². The number of rotatable bonds is 5. The van der Waals surface area contributed by atoms with Crippen molar-refractivity contribution in [3.05, 3.63) is 29.0 Å². The molecule has 0 bridgehead atoms. The van der Waals surface area contributed by atoms with E-state index in [0.29, 0.717) is 23.7 Å². The minimum absolute atomic E-state index is 0.0398. The van der Waals surface area contributed by atoms with Crippen molar-refractivity contribution < 1.29 is 9.60 Å². The molecule has 0 aromatic heterocycles. The number of nitrogens with two attached hydrogens (primary N) is 1. The first-order chi connectivity index (χ1) is 8.56. The van der Waals surface area contributed by atoms with Crippen molar-refractivity contribution in [1.82, 2.24) is 0 Å². The molecular weight excluding hydrogens is 257 g/mol. The van der Waals surface area contributed by atoms with E-state index in [2.05, 4.69) is 10.5 Å². The summed E-state index contributed by atoms with van der Waals surface area (Å²) < 4.78 is 13.5. The van der Waals surface area contributed by atoms with Crippen LogP contribution in [0.4, 0.5) is 10.1 Å². The van der Waals surface area contributed by atoms with Gasteiger partial charge in [-0.2, -0.15) is 0 Å². The van der Waals surface area contributed by atoms with Crippen LogP contribution in [0.3, 0.4) is 0 Å². The van der Waals surface area contributed by atoms with E-state index in [-0.39, 0.29) is 17.1 Å². The predicted molar refractivity (Wildman–Crippen MR) is 69.6 cm³/mol. The van der Waals surface area contributed by atoms with Crippen LogP contribution >= 0.6 is 11.6 Å². The van der Waals surface area contributed by atoms with Gasteiger partial charge in [-0.1, -0.05) is 22.8 Å². The second-order valence-corrected chi connectivity index (χ2v) is 5.13. The van der Waals surface area contributed by atoms with E-state index in [4.69, 9.17) is 22.5 Å². The molecule has 1 aliphatic rings. The second kappa shape index (κ2) is 5.02. The number of halogens is 2. The molecule has 2 rings (SSSR count). The van der Waals surface area contributed by atoms with Crippen LogP contribution in [0.2, 0.25) is 5.02 Å². The topological polar surface area (TPSA) is 70.6 Å². The quantitative estimate of drug-likeness (QED) is 0.334. The summed E-state index contributed by atoms with van der Waals surface area (Å²) in [6.45, 7) is 0.559. The number of hydrogen-bond acceptors (Lipinski definition) is 3. The van der Waals surface area contributed by atoms with Crippen molar-refractivity contribution in [3.63, 3.8) is 0 Å². The Morgan fingerprint density at radius 3 is 2.83 bits per heavy atom. The molecule has 1 aromatic rings. The summed E-state index contributed by atoms with van der Waals surface area (Å²) in [6, 6.07) is 4.56. The second-order valence-electron chi connectivity index (χ2n) is 4.72. The number of para-hydroxylation sites is 1. The fraction of sp³-hybridized carbons (Fsp3) is 0.417. The van der Waals surface area contributed by atoms with Crippen LogP contribution in [0, 0.1) is 11.2 Å². The zero-order valence-corrected chi connectivity index (χ0v) is 10.5. The lowest BCUT2D eigenvalue weighted by molar-refractivity contribution is 0.315. The molecule has 4 nitrogen and oxygen atoms in total. The summed E-state index contributed by atoms with van der Waals surface area (Å²) >= 11 is 5.92. The third-order valence-electron chi connectivity index (χ3n) is 3.24. The molecule has 0 unspecified atom stereocenters. The Bertz CT molecular complexity index is 454. The Kier molecular flexibility index (Phi) is 3.61. The largest absolute Gasteiger partial charge is 0.409 e. The molecule has 18 heavy (non-hydrogen) atoms. The van der Waals surface area contributed by atoms with Crippen molar-refractivity contribution >= 4 is 23.1 Å². The molecule has 6 heteroatoms. The maximum atomic E-state index is 13.5. The minimum Gasteiger partial charge on any atom is -0.409 e. The Hall–Kier alpha value is -1.49. The van der Waals surface area contributed by atoms with E-state index in [9.17, 15) is 4.39 Å². The van der Waals surface area contributed by atoms with Gasteiger partial charge >= 0.3 is 0 Å². The first kappa shape index (κ1) is 13.0. The van der Waals surface area contributed by atoms with Gasteiger partial charge in [0.05, 0.1) is 10.7 Å². The van der Waals surface area contributed by atoms with Gasteiger partial charge < -0.3 is 16.3 Å². The lowest BCUT2D eigenvalue weighted by Crippen LogP contribution is -2.24. The third-order valence-corrected chi connectivity index (χ3v) is 3.56. The maximum absolute atomic E-state index is 13.5. The normalized spacial score (nSPS) is 17.6. The fourth-order valence-electron chi connectivity index (χ4n) is 1.95. The fourth-order valence-corrected chi connectivity index (χ4v) is 2.18. The van der Waals surface area contributed by atoms with E-state index in [1.54, 1.807) is 12.1 Å². The summed E-state index contributed by atoms with van der Waals surface area (Å²) in [4.78, 5) is 0. The number of oxime groups is 1. The SMILES string of the molecule is N/C(CC1(CNc2c(F)cccc2Cl)CC1)=N/O. The lowest BCUT2D eigenvalue weighted by atomic mass is 10.0. The first-order valence-corrected chi connectivity index (χ1v) is 6.08. The van der Waals surface area contributed by atoms with Crippen molar-refractivity contribution in [3.8, 4) is 0 Å². The van der Waals surface area contributed by atoms with Crippen molar-refractivity contribution in [2.45, 2.75) is 19.3 Å². The summed E-state index contributed by atoms with van der Waals surface area (Å²) in [7, 11) is 0. The highest BCUT2D eigenvalue weighted by molar-refractivity contribution is 6.33. The molecule has 0 radical (unpaired) electrons. The number of amidine groups is 1. The van der Waals surface area contributed by atoms with E-state index >= 15 is 0 Å². The molecule has 0 amide bonds. The highest BCUT2D eigenvalue weighted by Gasteiger charge is 2.43. The van der Waals surface area contributed by atoms with Gasteiger partial charge in [-0.3, -0.25) is 0 Å². The Labute approximate surface area is 110 Å². The Balaban J connectivity index is 2.00. The third kappa shape index (κ3) is 2.85. The van der Waals surface area contributed by atoms with E-state index in [1.807, 2.05) is 0 Å². The number of hydrogen-bond donors (Lipinski definition) is 3. The summed E-state index contributed by atoms with van der Waals surface area (Å²) in [5.74, 6) is -0.170. The van der Waals surface area contributed by atoms with Gasteiger partial charge in [0.15, 0.2) is 0 Å². The molecule has 1 fully saturated rings. The smallest absolute Gasteiger partial charge is 0.147 e.